The maximum atomic E-state index is 13.2. The molecule has 1 aromatic rings. The number of sulfonamides is 1. The summed E-state index contributed by atoms with van der Waals surface area (Å²) in [7, 11) is -3.74. The summed E-state index contributed by atoms with van der Waals surface area (Å²) in [4.78, 5) is 26.7. The van der Waals surface area contributed by atoms with Crippen molar-refractivity contribution in [2.24, 2.45) is 0 Å². The number of hydrogen-bond acceptors (Lipinski definition) is 4. The molecule has 0 unspecified atom stereocenters. The second kappa shape index (κ2) is 10.6. The fraction of sp³-hybridized carbons (Fsp3) is 0.600. The van der Waals surface area contributed by atoms with Gasteiger partial charge in [-0.2, -0.15) is 4.31 Å². The third-order valence-electron chi connectivity index (χ3n) is 4.74. The highest BCUT2D eigenvalue weighted by Gasteiger charge is 2.31. The average molecular weight is 410 g/mol. The van der Waals surface area contributed by atoms with Gasteiger partial charge in [0.15, 0.2) is 0 Å². The number of carbonyl (C=O) groups excluding carboxylic acids is 2. The molecule has 1 heterocycles. The number of nitrogens with zero attached hydrogens (tertiary/aromatic N) is 2. The van der Waals surface area contributed by atoms with Gasteiger partial charge in [0, 0.05) is 26.2 Å². The van der Waals surface area contributed by atoms with Crippen molar-refractivity contribution >= 4 is 21.8 Å². The van der Waals surface area contributed by atoms with Crippen LogP contribution in [0, 0.1) is 0 Å². The van der Waals surface area contributed by atoms with Gasteiger partial charge in [-0.25, -0.2) is 8.42 Å². The van der Waals surface area contributed by atoms with Crippen molar-refractivity contribution in [2.45, 2.75) is 50.8 Å². The molecular weight excluding hydrogens is 378 g/mol. The van der Waals surface area contributed by atoms with E-state index in [0.717, 1.165) is 25.7 Å². The van der Waals surface area contributed by atoms with E-state index in [1.165, 1.54) is 21.3 Å². The van der Waals surface area contributed by atoms with Crippen LogP contribution in [0.1, 0.15) is 56.3 Å². The maximum absolute atomic E-state index is 13.2. The van der Waals surface area contributed by atoms with Gasteiger partial charge >= 0.3 is 0 Å². The Hall–Kier alpha value is -1.93. The smallest absolute Gasteiger partial charge is 0.255 e. The molecule has 0 aromatic heterocycles. The molecule has 1 aromatic carbocycles. The minimum absolute atomic E-state index is 0.0250. The van der Waals surface area contributed by atoms with E-state index in [1.807, 2.05) is 13.8 Å². The van der Waals surface area contributed by atoms with E-state index < -0.39 is 15.9 Å². The highest BCUT2D eigenvalue weighted by atomic mass is 32.2. The summed E-state index contributed by atoms with van der Waals surface area (Å²) in [6.45, 7) is 5.68. The number of amides is 2. The van der Waals surface area contributed by atoms with Crippen LogP contribution in [-0.2, 0) is 14.8 Å². The summed E-state index contributed by atoms with van der Waals surface area (Å²) in [6.07, 6.45) is 4.16. The van der Waals surface area contributed by atoms with Crippen LogP contribution in [0.5, 0.6) is 0 Å². The van der Waals surface area contributed by atoms with Gasteiger partial charge in [0.05, 0.1) is 17.0 Å². The highest BCUT2D eigenvalue weighted by Crippen LogP contribution is 2.24. The van der Waals surface area contributed by atoms with Crippen molar-refractivity contribution in [3.63, 3.8) is 0 Å². The molecule has 8 heteroatoms. The average Bonchev–Trinajstić information content (AvgIpc) is 2.72. The summed E-state index contributed by atoms with van der Waals surface area (Å²) in [5.74, 6) is -0.662. The number of carbonyl (C=O) groups is 2. The lowest BCUT2D eigenvalue weighted by Gasteiger charge is -2.28. The molecule has 0 atom stereocenters. The Labute approximate surface area is 168 Å². The maximum Gasteiger partial charge on any atom is 0.255 e. The van der Waals surface area contributed by atoms with Crippen LogP contribution in [0.25, 0.3) is 0 Å². The monoisotopic (exact) mass is 409 g/mol. The fourth-order valence-electron chi connectivity index (χ4n) is 3.30. The number of benzene rings is 1. The minimum Gasteiger partial charge on any atom is -0.355 e. The zero-order chi connectivity index (χ0) is 20.6. The molecular formula is C20H31N3O4S. The zero-order valence-electron chi connectivity index (χ0n) is 16.8. The molecule has 0 aliphatic carbocycles. The van der Waals surface area contributed by atoms with Gasteiger partial charge in [-0.1, -0.05) is 32.4 Å². The highest BCUT2D eigenvalue weighted by molar-refractivity contribution is 7.89. The Bertz CT molecular complexity index is 773. The van der Waals surface area contributed by atoms with Gasteiger partial charge in [0.25, 0.3) is 5.91 Å². The Morgan fingerprint density at radius 2 is 1.75 bits per heavy atom. The second-order valence-electron chi connectivity index (χ2n) is 7.04. The molecule has 0 bridgehead atoms. The molecule has 0 spiro atoms. The van der Waals surface area contributed by atoms with Gasteiger partial charge in [-0.15, -0.1) is 0 Å². The summed E-state index contributed by atoms with van der Waals surface area (Å²) in [6, 6.07) is 6.31. The van der Waals surface area contributed by atoms with Crippen LogP contribution in [0.2, 0.25) is 0 Å². The molecule has 1 N–H and O–H groups in total. The second-order valence-corrected chi connectivity index (χ2v) is 8.94. The van der Waals surface area contributed by atoms with Crippen LogP contribution >= 0.6 is 0 Å². The number of rotatable bonds is 9. The molecule has 2 rings (SSSR count). The van der Waals surface area contributed by atoms with Gasteiger partial charge in [0.1, 0.15) is 0 Å². The van der Waals surface area contributed by atoms with Gasteiger partial charge in [-0.3, -0.25) is 9.59 Å². The van der Waals surface area contributed by atoms with Crippen molar-refractivity contribution in [1.29, 1.82) is 0 Å². The lowest BCUT2D eigenvalue weighted by Crippen LogP contribution is -2.42. The first-order chi connectivity index (χ1) is 13.4. The van der Waals surface area contributed by atoms with Crippen LogP contribution in [0.4, 0.5) is 0 Å². The van der Waals surface area contributed by atoms with Crippen molar-refractivity contribution in [3.05, 3.63) is 29.8 Å². The Kier molecular flexibility index (Phi) is 8.44. The fourth-order valence-corrected chi connectivity index (χ4v) is 5.00. The molecule has 1 saturated heterocycles. The van der Waals surface area contributed by atoms with Crippen LogP contribution < -0.4 is 5.32 Å². The molecule has 156 valence electrons. The molecule has 0 radical (unpaired) electrons. The van der Waals surface area contributed by atoms with E-state index in [2.05, 4.69) is 5.32 Å². The van der Waals surface area contributed by atoms with Crippen molar-refractivity contribution < 1.29 is 18.0 Å². The minimum atomic E-state index is -3.74. The zero-order valence-corrected chi connectivity index (χ0v) is 17.6. The van der Waals surface area contributed by atoms with Gasteiger partial charge < -0.3 is 10.2 Å². The third-order valence-corrected chi connectivity index (χ3v) is 6.69. The lowest BCUT2D eigenvalue weighted by atomic mass is 10.2. The Morgan fingerprint density at radius 3 is 2.39 bits per heavy atom. The topological polar surface area (TPSA) is 86.8 Å². The van der Waals surface area contributed by atoms with Crippen LogP contribution in [0.3, 0.4) is 0 Å². The first kappa shape index (κ1) is 22.4. The number of nitrogens with one attached hydrogen (secondary N) is 1. The van der Waals surface area contributed by atoms with Crippen molar-refractivity contribution in [2.75, 3.05) is 32.7 Å². The first-order valence-electron chi connectivity index (χ1n) is 10.1. The van der Waals surface area contributed by atoms with E-state index in [1.54, 1.807) is 12.1 Å². The molecule has 28 heavy (non-hydrogen) atoms. The first-order valence-corrected chi connectivity index (χ1v) is 11.5. The van der Waals surface area contributed by atoms with E-state index in [0.29, 0.717) is 32.6 Å². The third kappa shape index (κ3) is 5.54. The van der Waals surface area contributed by atoms with Crippen molar-refractivity contribution in [3.8, 4) is 0 Å². The largest absolute Gasteiger partial charge is 0.355 e. The molecule has 1 aliphatic heterocycles. The summed E-state index contributed by atoms with van der Waals surface area (Å²) in [5, 5.41) is 2.76. The number of hydrogen-bond donors (Lipinski definition) is 1. The Morgan fingerprint density at radius 1 is 1.07 bits per heavy atom. The molecule has 7 nitrogen and oxygen atoms in total. The summed E-state index contributed by atoms with van der Waals surface area (Å²) in [5.41, 5.74) is 0.129. The number of piperidine rings is 1. The van der Waals surface area contributed by atoms with Crippen LogP contribution in [0.15, 0.2) is 29.2 Å². The van der Waals surface area contributed by atoms with Crippen LogP contribution in [-0.4, -0.2) is 62.2 Å². The molecule has 1 aliphatic rings. The summed E-state index contributed by atoms with van der Waals surface area (Å²) >= 11 is 0. The van der Waals surface area contributed by atoms with Gasteiger partial charge in [0.2, 0.25) is 15.9 Å². The molecule has 2 amide bonds. The standard InChI is InChI=1S/C20H31N3O4S/c1-3-12-21-19(24)16-22(13-4-2)20(25)17-10-6-7-11-18(17)28(26,27)23-14-8-5-9-15-23/h6-7,10-11H,3-5,8-9,12-16H2,1-2H3,(H,21,24). The Balaban J connectivity index is 2.29. The molecule has 0 saturated carbocycles. The normalized spacial score (nSPS) is 15.2. The SMILES string of the molecule is CCCNC(=O)CN(CCC)C(=O)c1ccccc1S(=O)(=O)N1CCCCC1. The van der Waals surface area contributed by atoms with Crippen molar-refractivity contribution in [1.82, 2.24) is 14.5 Å². The molecule has 1 fully saturated rings. The predicted octanol–water partition coefficient (Wildman–Crippen LogP) is 2.24. The van der Waals surface area contributed by atoms with Gasteiger partial charge in [-0.05, 0) is 37.8 Å². The van der Waals surface area contributed by atoms with E-state index in [4.69, 9.17) is 0 Å². The van der Waals surface area contributed by atoms with E-state index >= 15 is 0 Å². The lowest BCUT2D eigenvalue weighted by molar-refractivity contribution is -0.121. The quantitative estimate of drug-likeness (QED) is 0.678. The predicted molar refractivity (Wildman–Crippen MR) is 109 cm³/mol. The van der Waals surface area contributed by atoms with E-state index in [9.17, 15) is 18.0 Å². The van der Waals surface area contributed by atoms with E-state index in [-0.39, 0.29) is 22.9 Å². The summed E-state index contributed by atoms with van der Waals surface area (Å²) < 4.78 is 27.7.